The van der Waals surface area contributed by atoms with Crippen molar-refractivity contribution in [1.82, 2.24) is 9.38 Å². The molecule has 2 heterocycles. The van der Waals surface area contributed by atoms with Gasteiger partial charge in [-0.25, -0.2) is 9.78 Å². The van der Waals surface area contributed by atoms with Gasteiger partial charge in [-0.1, -0.05) is 0 Å². The van der Waals surface area contributed by atoms with Gasteiger partial charge in [0.2, 0.25) is 0 Å². The molecule has 3 aromatic rings. The number of anilines is 1. The van der Waals surface area contributed by atoms with Crippen LogP contribution < -0.4 is 10.9 Å². The van der Waals surface area contributed by atoms with E-state index in [1.807, 2.05) is 6.92 Å². The standard InChI is InChI=1S/C16H14N4O5S/c1-2-17-12-4-3-10(7-13(12)20(23)24)15(22)25-9-11-8-14(21)19-5-6-26-16(19)18-11/h3-8,17H,2,9H2,1H3. The van der Waals surface area contributed by atoms with Crippen LogP contribution in [0.2, 0.25) is 0 Å². The zero-order valence-electron chi connectivity index (χ0n) is 13.7. The van der Waals surface area contributed by atoms with Gasteiger partial charge in [0.25, 0.3) is 11.2 Å². The van der Waals surface area contributed by atoms with Crippen LogP contribution in [0, 0.1) is 10.1 Å². The molecule has 0 amide bonds. The van der Waals surface area contributed by atoms with Crippen molar-refractivity contribution in [2.24, 2.45) is 0 Å². The van der Waals surface area contributed by atoms with Gasteiger partial charge < -0.3 is 10.1 Å². The molecule has 0 bridgehead atoms. The number of benzene rings is 1. The van der Waals surface area contributed by atoms with Crippen molar-refractivity contribution in [3.8, 4) is 0 Å². The van der Waals surface area contributed by atoms with E-state index in [0.29, 0.717) is 22.9 Å². The third-order valence-corrected chi connectivity index (χ3v) is 4.26. The van der Waals surface area contributed by atoms with Crippen molar-refractivity contribution in [3.05, 3.63) is 67.6 Å². The number of esters is 1. The number of thiazole rings is 1. The molecule has 1 aromatic carbocycles. The molecule has 0 aliphatic rings. The van der Waals surface area contributed by atoms with Crippen LogP contribution in [0.25, 0.3) is 4.96 Å². The highest BCUT2D eigenvalue weighted by Crippen LogP contribution is 2.25. The Morgan fingerprint density at radius 3 is 2.96 bits per heavy atom. The Labute approximate surface area is 151 Å². The number of rotatable bonds is 6. The number of nitrogens with zero attached hydrogens (tertiary/aromatic N) is 3. The maximum atomic E-state index is 12.2. The van der Waals surface area contributed by atoms with Crippen molar-refractivity contribution in [1.29, 1.82) is 0 Å². The predicted molar refractivity (Wildman–Crippen MR) is 95.7 cm³/mol. The van der Waals surface area contributed by atoms with Gasteiger partial charge in [-0.3, -0.25) is 19.3 Å². The number of nitrogens with one attached hydrogen (secondary N) is 1. The molecule has 2 aromatic heterocycles. The maximum absolute atomic E-state index is 12.2. The molecule has 0 saturated heterocycles. The molecule has 9 nitrogen and oxygen atoms in total. The van der Waals surface area contributed by atoms with Crippen LogP contribution in [0.1, 0.15) is 23.0 Å². The van der Waals surface area contributed by atoms with Crippen molar-refractivity contribution in [2.75, 3.05) is 11.9 Å². The third-order valence-electron chi connectivity index (χ3n) is 3.50. The van der Waals surface area contributed by atoms with Crippen LogP contribution >= 0.6 is 11.3 Å². The minimum Gasteiger partial charge on any atom is -0.456 e. The molecule has 0 atom stereocenters. The van der Waals surface area contributed by atoms with Gasteiger partial charge in [0.15, 0.2) is 4.96 Å². The second kappa shape index (κ2) is 7.31. The number of nitro groups is 1. The Hall–Kier alpha value is -3.27. The first-order valence-corrected chi connectivity index (χ1v) is 8.52. The Balaban J connectivity index is 1.77. The smallest absolute Gasteiger partial charge is 0.338 e. The molecule has 0 spiro atoms. The third kappa shape index (κ3) is 3.54. The summed E-state index contributed by atoms with van der Waals surface area (Å²) in [6.07, 6.45) is 1.61. The fraction of sp³-hybridized carbons (Fsp3) is 0.188. The number of fused-ring (bicyclic) bond motifs is 1. The number of hydrogen-bond acceptors (Lipinski definition) is 8. The average molecular weight is 374 g/mol. The monoisotopic (exact) mass is 374 g/mol. The second-order valence-electron chi connectivity index (χ2n) is 5.24. The molecule has 26 heavy (non-hydrogen) atoms. The number of aromatic nitrogens is 2. The van der Waals surface area contributed by atoms with Gasteiger partial charge >= 0.3 is 5.97 Å². The first-order chi connectivity index (χ1) is 12.5. The first kappa shape index (κ1) is 17.5. The van der Waals surface area contributed by atoms with Gasteiger partial charge in [0.1, 0.15) is 12.3 Å². The zero-order valence-corrected chi connectivity index (χ0v) is 14.5. The summed E-state index contributed by atoms with van der Waals surface area (Å²) in [7, 11) is 0. The first-order valence-electron chi connectivity index (χ1n) is 7.65. The van der Waals surface area contributed by atoms with Crippen LogP contribution in [-0.2, 0) is 11.3 Å². The minimum absolute atomic E-state index is 0.0484. The van der Waals surface area contributed by atoms with E-state index in [9.17, 15) is 19.7 Å². The molecule has 0 radical (unpaired) electrons. The van der Waals surface area contributed by atoms with Crippen molar-refractivity contribution in [2.45, 2.75) is 13.5 Å². The number of nitro benzene ring substituents is 1. The van der Waals surface area contributed by atoms with E-state index in [2.05, 4.69) is 10.3 Å². The van der Waals surface area contributed by atoms with Crippen molar-refractivity contribution >= 4 is 33.6 Å². The summed E-state index contributed by atoms with van der Waals surface area (Å²) in [6.45, 7) is 2.12. The van der Waals surface area contributed by atoms with Crippen LogP contribution in [0.3, 0.4) is 0 Å². The zero-order chi connectivity index (χ0) is 18.7. The topological polar surface area (TPSA) is 116 Å². The molecule has 0 aliphatic carbocycles. The fourth-order valence-electron chi connectivity index (χ4n) is 2.33. The van der Waals surface area contributed by atoms with E-state index < -0.39 is 10.9 Å². The Morgan fingerprint density at radius 1 is 1.42 bits per heavy atom. The summed E-state index contributed by atoms with van der Waals surface area (Å²) in [5.74, 6) is -0.732. The molecule has 134 valence electrons. The molecule has 10 heteroatoms. The van der Waals surface area contributed by atoms with Crippen molar-refractivity contribution < 1.29 is 14.5 Å². The summed E-state index contributed by atoms with van der Waals surface area (Å²) >= 11 is 1.29. The molecule has 0 saturated carbocycles. The van der Waals surface area contributed by atoms with Crippen LogP contribution in [0.5, 0.6) is 0 Å². The Kier molecular flexibility index (Phi) is 4.94. The lowest BCUT2D eigenvalue weighted by molar-refractivity contribution is -0.384. The molecule has 0 aliphatic heterocycles. The number of carbonyl (C=O) groups is 1. The molecule has 3 rings (SSSR count). The summed E-state index contributed by atoms with van der Waals surface area (Å²) in [6, 6.07) is 5.34. The highest BCUT2D eigenvalue weighted by molar-refractivity contribution is 7.15. The highest BCUT2D eigenvalue weighted by Gasteiger charge is 2.18. The largest absolute Gasteiger partial charge is 0.456 e. The summed E-state index contributed by atoms with van der Waals surface area (Å²) in [4.78, 5) is 39.4. The van der Waals surface area contributed by atoms with Gasteiger partial charge in [-0.05, 0) is 19.1 Å². The maximum Gasteiger partial charge on any atom is 0.338 e. The van der Waals surface area contributed by atoms with E-state index in [0.717, 1.165) is 6.07 Å². The quantitative estimate of drug-likeness (QED) is 0.400. The van der Waals surface area contributed by atoms with Gasteiger partial charge in [0.05, 0.1) is 16.2 Å². The number of ether oxygens (including phenoxy) is 1. The van der Waals surface area contributed by atoms with Crippen LogP contribution in [0.15, 0.2) is 40.6 Å². The van der Waals surface area contributed by atoms with Gasteiger partial charge in [0, 0.05) is 30.3 Å². The van der Waals surface area contributed by atoms with E-state index >= 15 is 0 Å². The number of hydrogen-bond donors (Lipinski definition) is 1. The normalized spacial score (nSPS) is 10.7. The SMILES string of the molecule is CCNc1ccc(C(=O)OCc2cc(=O)n3ccsc3n2)cc1[N+](=O)[O-]. The van der Waals surface area contributed by atoms with Gasteiger partial charge in [-0.2, -0.15) is 0 Å². The lowest BCUT2D eigenvalue weighted by Crippen LogP contribution is -2.14. The lowest BCUT2D eigenvalue weighted by atomic mass is 10.1. The summed E-state index contributed by atoms with van der Waals surface area (Å²) in [5, 5.41) is 15.7. The predicted octanol–water partition coefficient (Wildman–Crippen LogP) is 2.45. The summed E-state index contributed by atoms with van der Waals surface area (Å²) < 4.78 is 6.53. The van der Waals surface area contributed by atoms with Crippen LogP contribution in [0.4, 0.5) is 11.4 Å². The summed E-state index contributed by atoms with van der Waals surface area (Å²) in [5.41, 5.74) is 0.203. The van der Waals surface area contributed by atoms with E-state index in [1.54, 1.807) is 11.6 Å². The second-order valence-corrected chi connectivity index (χ2v) is 6.11. The Bertz CT molecular complexity index is 1040. The molecule has 0 fully saturated rings. The minimum atomic E-state index is -0.732. The molecule has 1 N–H and O–H groups in total. The van der Waals surface area contributed by atoms with E-state index in [4.69, 9.17) is 4.74 Å². The highest BCUT2D eigenvalue weighted by atomic mass is 32.1. The molecule has 0 unspecified atom stereocenters. The van der Waals surface area contributed by atoms with Crippen LogP contribution in [-0.4, -0.2) is 26.8 Å². The fourth-order valence-corrected chi connectivity index (χ4v) is 3.07. The van der Waals surface area contributed by atoms with E-state index in [-0.39, 0.29) is 23.4 Å². The van der Waals surface area contributed by atoms with Crippen molar-refractivity contribution in [3.63, 3.8) is 0 Å². The Morgan fingerprint density at radius 2 is 2.23 bits per heavy atom. The molecular weight excluding hydrogens is 360 g/mol. The molecular formula is C16H14N4O5S. The lowest BCUT2D eigenvalue weighted by Gasteiger charge is -2.07. The van der Waals surface area contributed by atoms with E-state index in [1.165, 1.54) is 33.9 Å². The van der Waals surface area contributed by atoms with Gasteiger partial charge in [-0.15, -0.1) is 11.3 Å². The average Bonchev–Trinajstić information content (AvgIpc) is 3.09. The number of carbonyl (C=O) groups excluding carboxylic acids is 1.